The van der Waals surface area contributed by atoms with Crippen molar-refractivity contribution in [1.29, 1.82) is 0 Å². The van der Waals surface area contributed by atoms with E-state index in [2.05, 4.69) is 21.2 Å². The van der Waals surface area contributed by atoms with Crippen LogP contribution >= 0.6 is 15.9 Å². The molecule has 1 saturated heterocycles. The maximum Gasteiger partial charge on any atom is 0.165 e. The molecule has 0 aliphatic carbocycles. The van der Waals surface area contributed by atoms with Gasteiger partial charge in [-0.25, -0.2) is 4.39 Å². The minimum atomic E-state index is -0.354. The first-order chi connectivity index (χ1) is 8.16. The Morgan fingerprint density at radius 2 is 2.41 bits per heavy atom. The van der Waals surface area contributed by atoms with E-state index in [1.165, 1.54) is 18.2 Å². The summed E-state index contributed by atoms with van der Waals surface area (Å²) in [6.45, 7) is 2.00. The first kappa shape index (κ1) is 12.7. The van der Waals surface area contributed by atoms with E-state index in [0.717, 1.165) is 6.54 Å². The highest BCUT2D eigenvalue weighted by molar-refractivity contribution is 9.10. The zero-order valence-electron chi connectivity index (χ0n) is 9.21. The van der Waals surface area contributed by atoms with Crippen LogP contribution in [-0.2, 0) is 4.74 Å². The van der Waals surface area contributed by atoms with Crippen LogP contribution < -0.4 is 5.32 Å². The number of morpholine rings is 1. The number of benzene rings is 1. The van der Waals surface area contributed by atoms with Crippen LogP contribution in [0.4, 0.5) is 4.39 Å². The molecular formula is C12H13BrFNO2. The number of carbonyl (C=O) groups is 1. The second-order valence-corrected chi connectivity index (χ2v) is 4.83. The van der Waals surface area contributed by atoms with Gasteiger partial charge < -0.3 is 10.1 Å². The lowest BCUT2D eigenvalue weighted by molar-refractivity contribution is 0.0675. The summed E-state index contributed by atoms with van der Waals surface area (Å²) in [7, 11) is 0. The number of rotatable bonds is 3. The van der Waals surface area contributed by atoms with Crippen molar-refractivity contribution in [3.05, 3.63) is 34.1 Å². The molecule has 1 aliphatic rings. The number of ketones is 1. The third-order valence-electron chi connectivity index (χ3n) is 2.66. The minimum absolute atomic E-state index is 0.0140. The first-order valence-corrected chi connectivity index (χ1v) is 6.25. The van der Waals surface area contributed by atoms with Crippen LogP contribution in [0, 0.1) is 5.82 Å². The van der Waals surface area contributed by atoms with Gasteiger partial charge in [-0.05, 0) is 34.1 Å². The normalized spacial score (nSPS) is 20.2. The molecule has 1 atom stereocenters. The summed E-state index contributed by atoms with van der Waals surface area (Å²) < 4.78 is 18.7. The zero-order valence-corrected chi connectivity index (χ0v) is 10.8. The van der Waals surface area contributed by atoms with Crippen LogP contribution in [0.2, 0.25) is 0 Å². The molecule has 92 valence electrons. The highest BCUT2D eigenvalue weighted by atomic mass is 79.9. The molecule has 1 heterocycles. The lowest BCUT2D eigenvalue weighted by Gasteiger charge is -2.23. The monoisotopic (exact) mass is 301 g/mol. The molecule has 5 heteroatoms. The molecule has 1 fully saturated rings. The van der Waals surface area contributed by atoms with Crippen molar-refractivity contribution < 1.29 is 13.9 Å². The Morgan fingerprint density at radius 3 is 3.06 bits per heavy atom. The minimum Gasteiger partial charge on any atom is -0.378 e. The smallest absolute Gasteiger partial charge is 0.165 e. The molecule has 3 nitrogen and oxygen atoms in total. The van der Waals surface area contributed by atoms with Gasteiger partial charge in [0.2, 0.25) is 0 Å². The molecule has 0 aromatic heterocycles. The van der Waals surface area contributed by atoms with E-state index in [9.17, 15) is 9.18 Å². The molecule has 0 amide bonds. The van der Waals surface area contributed by atoms with E-state index in [1.54, 1.807) is 0 Å². The molecule has 1 aromatic rings. The van der Waals surface area contributed by atoms with E-state index in [4.69, 9.17) is 4.74 Å². The molecule has 1 unspecified atom stereocenters. The average molecular weight is 302 g/mol. The van der Waals surface area contributed by atoms with Crippen molar-refractivity contribution >= 4 is 21.7 Å². The summed E-state index contributed by atoms with van der Waals surface area (Å²) in [5.41, 5.74) is 0.513. The molecule has 2 rings (SSSR count). The van der Waals surface area contributed by atoms with Crippen molar-refractivity contribution in [3.63, 3.8) is 0 Å². The highest BCUT2D eigenvalue weighted by Crippen LogP contribution is 2.20. The fourth-order valence-corrected chi connectivity index (χ4v) is 2.37. The van der Waals surface area contributed by atoms with Crippen LogP contribution in [0.3, 0.4) is 0 Å². The number of hydrogen-bond acceptors (Lipinski definition) is 3. The van der Waals surface area contributed by atoms with Gasteiger partial charge in [-0.3, -0.25) is 4.79 Å². The van der Waals surface area contributed by atoms with Crippen LogP contribution in [0.1, 0.15) is 16.8 Å². The highest BCUT2D eigenvalue weighted by Gasteiger charge is 2.19. The second kappa shape index (κ2) is 5.71. The number of halogens is 2. The average Bonchev–Trinajstić information content (AvgIpc) is 2.30. The lowest BCUT2D eigenvalue weighted by Crippen LogP contribution is -2.42. The number of ether oxygens (including phenoxy) is 1. The largest absolute Gasteiger partial charge is 0.378 e. The molecule has 1 aromatic carbocycles. The molecule has 0 radical (unpaired) electrons. The topological polar surface area (TPSA) is 38.3 Å². The van der Waals surface area contributed by atoms with Crippen LogP contribution in [0.25, 0.3) is 0 Å². The molecular weight excluding hydrogens is 289 g/mol. The number of carbonyl (C=O) groups excluding carboxylic acids is 1. The zero-order chi connectivity index (χ0) is 12.3. The summed E-state index contributed by atoms with van der Waals surface area (Å²) in [4.78, 5) is 12.0. The van der Waals surface area contributed by atoms with E-state index in [1.807, 2.05) is 0 Å². The quantitative estimate of drug-likeness (QED) is 0.870. The Hall–Kier alpha value is -0.780. The maximum atomic E-state index is 12.9. The van der Waals surface area contributed by atoms with Gasteiger partial charge in [0.05, 0.1) is 13.2 Å². The molecule has 0 bridgehead atoms. The van der Waals surface area contributed by atoms with Gasteiger partial charge in [-0.1, -0.05) is 0 Å². The van der Waals surface area contributed by atoms with Crippen LogP contribution in [0.15, 0.2) is 22.7 Å². The summed E-state index contributed by atoms with van der Waals surface area (Å²) in [5, 5.41) is 3.22. The lowest BCUT2D eigenvalue weighted by atomic mass is 10.0. The van der Waals surface area contributed by atoms with E-state index < -0.39 is 0 Å². The predicted molar refractivity (Wildman–Crippen MR) is 65.7 cm³/mol. The Morgan fingerprint density at radius 1 is 1.59 bits per heavy atom. The molecule has 17 heavy (non-hydrogen) atoms. The van der Waals surface area contributed by atoms with Gasteiger partial charge in [-0.15, -0.1) is 0 Å². The maximum absolute atomic E-state index is 12.9. The Bertz CT molecular complexity index is 419. The standard InChI is InChI=1S/C12H13BrFNO2/c13-11-5-8(14)1-2-10(11)12(16)6-9-7-17-4-3-15-9/h1-2,5,9,15H,3-4,6-7H2. The number of Topliss-reactive ketones (excluding diaryl/α,β-unsaturated/α-hetero) is 1. The third kappa shape index (κ3) is 3.34. The van der Waals surface area contributed by atoms with Gasteiger partial charge in [-0.2, -0.15) is 0 Å². The number of nitrogens with one attached hydrogen (secondary N) is 1. The first-order valence-electron chi connectivity index (χ1n) is 5.46. The van der Waals surface area contributed by atoms with Crippen LogP contribution in [0.5, 0.6) is 0 Å². The van der Waals surface area contributed by atoms with Gasteiger partial charge in [0.1, 0.15) is 5.82 Å². The van der Waals surface area contributed by atoms with Crippen molar-refractivity contribution in [3.8, 4) is 0 Å². The Kier molecular flexibility index (Phi) is 4.25. The summed E-state index contributed by atoms with van der Waals surface area (Å²) >= 11 is 3.20. The van der Waals surface area contributed by atoms with Crippen molar-refractivity contribution in [2.24, 2.45) is 0 Å². The van der Waals surface area contributed by atoms with Gasteiger partial charge in [0, 0.05) is 29.0 Å². The van der Waals surface area contributed by atoms with Crippen molar-refractivity contribution in [2.75, 3.05) is 19.8 Å². The van der Waals surface area contributed by atoms with Crippen LogP contribution in [-0.4, -0.2) is 31.6 Å². The van der Waals surface area contributed by atoms with Gasteiger partial charge >= 0.3 is 0 Å². The SMILES string of the molecule is O=C(CC1COCCN1)c1ccc(F)cc1Br. The number of hydrogen-bond donors (Lipinski definition) is 1. The van der Waals surface area contributed by atoms with E-state index >= 15 is 0 Å². The van der Waals surface area contributed by atoms with E-state index in [0.29, 0.717) is 29.7 Å². The fraction of sp³-hybridized carbons (Fsp3) is 0.417. The van der Waals surface area contributed by atoms with Gasteiger partial charge in [0.25, 0.3) is 0 Å². The Labute approximate surface area is 107 Å². The second-order valence-electron chi connectivity index (χ2n) is 3.98. The van der Waals surface area contributed by atoms with Gasteiger partial charge in [0.15, 0.2) is 5.78 Å². The molecule has 1 aliphatic heterocycles. The summed E-state index contributed by atoms with van der Waals surface area (Å²) in [6.07, 6.45) is 0.365. The third-order valence-corrected chi connectivity index (χ3v) is 3.32. The van der Waals surface area contributed by atoms with E-state index in [-0.39, 0.29) is 17.6 Å². The van der Waals surface area contributed by atoms with Crippen molar-refractivity contribution in [2.45, 2.75) is 12.5 Å². The fourth-order valence-electron chi connectivity index (χ4n) is 1.80. The Balaban J connectivity index is 2.03. The van der Waals surface area contributed by atoms with Crippen molar-refractivity contribution in [1.82, 2.24) is 5.32 Å². The molecule has 1 N–H and O–H groups in total. The molecule has 0 spiro atoms. The molecule has 0 saturated carbocycles. The predicted octanol–water partition coefficient (Wildman–Crippen LogP) is 2.15. The summed E-state index contributed by atoms with van der Waals surface area (Å²) in [5.74, 6) is -0.368. The summed E-state index contributed by atoms with van der Waals surface area (Å²) in [6, 6.07) is 4.15.